The molecule has 5 rings (SSSR count). The normalized spacial score (nSPS) is 27.7. The summed E-state index contributed by atoms with van der Waals surface area (Å²) in [6, 6.07) is 15.9. The molecular formula is C31H37NO4. The molecule has 0 bridgehead atoms. The van der Waals surface area contributed by atoms with Crippen molar-refractivity contribution in [1.82, 2.24) is 4.90 Å². The lowest BCUT2D eigenvalue weighted by Gasteiger charge is -2.40. The number of Topliss-reactive ketones (excluding diaryl/α,β-unsaturated/α-hetero) is 1. The smallest absolute Gasteiger partial charge is 0.290 e. The zero-order valence-corrected chi connectivity index (χ0v) is 22.0. The van der Waals surface area contributed by atoms with E-state index in [9.17, 15) is 9.59 Å². The third-order valence-corrected chi connectivity index (χ3v) is 8.53. The number of ketones is 1. The summed E-state index contributed by atoms with van der Waals surface area (Å²) in [5.41, 5.74) is 3.89. The van der Waals surface area contributed by atoms with Crippen LogP contribution in [0.2, 0.25) is 0 Å². The summed E-state index contributed by atoms with van der Waals surface area (Å²) in [6.07, 6.45) is 2.13. The standard InChI is InChI=1S/C31H37NO4/c1-18(2)22-8-10-23(11-9-22)28-27-29(33)25-16-19(3)20(4)17-26(25)36-30(27)31(34)32(28)15-14-21-6-12-24(35-5)13-7-21/h6-13,18-20,25-26,28H,14-17H2,1-5H3. The first-order chi connectivity index (χ1) is 17.3. The SMILES string of the molecule is COc1ccc(CCN2C(=O)C3=C(C(=O)C4CC(C)C(C)CC4O3)C2c2ccc(C(C)C)cc2)cc1. The van der Waals surface area contributed by atoms with Crippen molar-refractivity contribution in [2.45, 2.75) is 65.0 Å². The zero-order valence-electron chi connectivity index (χ0n) is 22.0. The minimum Gasteiger partial charge on any atom is -0.497 e. The first kappa shape index (κ1) is 24.6. The molecule has 190 valence electrons. The third-order valence-electron chi connectivity index (χ3n) is 8.53. The molecule has 0 radical (unpaired) electrons. The minimum atomic E-state index is -0.407. The number of carbonyl (C=O) groups is 2. The second-order valence-corrected chi connectivity index (χ2v) is 11.1. The lowest BCUT2D eigenvalue weighted by molar-refractivity contribution is -0.137. The Kier molecular flexibility index (Phi) is 6.67. The van der Waals surface area contributed by atoms with Crippen LogP contribution < -0.4 is 4.74 Å². The lowest BCUT2D eigenvalue weighted by atomic mass is 9.70. The summed E-state index contributed by atoms with van der Waals surface area (Å²) in [6.45, 7) is 9.28. The third kappa shape index (κ3) is 4.33. The molecule has 2 aromatic rings. The molecule has 0 aromatic heterocycles. The molecular weight excluding hydrogens is 450 g/mol. The fraction of sp³-hybridized carbons (Fsp3) is 0.484. The first-order valence-corrected chi connectivity index (χ1v) is 13.3. The molecule has 0 N–H and O–H groups in total. The van der Waals surface area contributed by atoms with Gasteiger partial charge in [0.05, 0.1) is 24.6 Å². The highest BCUT2D eigenvalue weighted by Crippen LogP contribution is 2.48. The molecule has 2 aliphatic heterocycles. The molecule has 0 spiro atoms. The largest absolute Gasteiger partial charge is 0.497 e. The molecule has 5 nitrogen and oxygen atoms in total. The molecule has 0 saturated heterocycles. The Morgan fingerprint density at radius 1 is 0.972 bits per heavy atom. The zero-order chi connectivity index (χ0) is 25.6. The monoisotopic (exact) mass is 487 g/mol. The fourth-order valence-electron chi connectivity index (χ4n) is 5.99. The Morgan fingerprint density at radius 2 is 1.64 bits per heavy atom. The average Bonchev–Trinajstić information content (AvgIpc) is 3.16. The number of carbonyl (C=O) groups excluding carboxylic acids is 2. The van der Waals surface area contributed by atoms with E-state index in [0.717, 1.165) is 29.7 Å². The number of rotatable bonds is 6. The van der Waals surface area contributed by atoms with Gasteiger partial charge in [0.25, 0.3) is 5.91 Å². The van der Waals surface area contributed by atoms with Gasteiger partial charge in [-0.15, -0.1) is 0 Å². The molecule has 2 heterocycles. The second-order valence-electron chi connectivity index (χ2n) is 11.1. The number of ether oxygens (including phenoxy) is 2. The Balaban J connectivity index is 1.48. The van der Waals surface area contributed by atoms with Crippen molar-refractivity contribution in [2.75, 3.05) is 13.7 Å². The molecule has 1 saturated carbocycles. The molecule has 36 heavy (non-hydrogen) atoms. The maximum Gasteiger partial charge on any atom is 0.290 e. The van der Waals surface area contributed by atoms with Gasteiger partial charge in [0.1, 0.15) is 11.9 Å². The van der Waals surface area contributed by atoms with Crippen LogP contribution in [0.15, 0.2) is 59.9 Å². The summed E-state index contributed by atoms with van der Waals surface area (Å²) in [4.78, 5) is 29.6. The van der Waals surface area contributed by atoms with E-state index in [-0.39, 0.29) is 29.5 Å². The van der Waals surface area contributed by atoms with Gasteiger partial charge in [0.2, 0.25) is 0 Å². The van der Waals surface area contributed by atoms with Gasteiger partial charge < -0.3 is 14.4 Å². The van der Waals surface area contributed by atoms with Gasteiger partial charge in [0, 0.05) is 6.54 Å². The van der Waals surface area contributed by atoms with Gasteiger partial charge in [-0.2, -0.15) is 0 Å². The molecule has 1 amide bonds. The number of benzene rings is 2. The van der Waals surface area contributed by atoms with E-state index in [1.165, 1.54) is 5.56 Å². The number of hydrogen-bond donors (Lipinski definition) is 0. The highest BCUT2D eigenvalue weighted by atomic mass is 16.5. The van der Waals surface area contributed by atoms with Crippen LogP contribution in [-0.2, 0) is 20.7 Å². The van der Waals surface area contributed by atoms with Gasteiger partial charge in [-0.1, -0.05) is 64.1 Å². The predicted octanol–water partition coefficient (Wildman–Crippen LogP) is 5.85. The van der Waals surface area contributed by atoms with Crippen LogP contribution in [0.25, 0.3) is 0 Å². The van der Waals surface area contributed by atoms with Gasteiger partial charge >= 0.3 is 0 Å². The quantitative estimate of drug-likeness (QED) is 0.513. The van der Waals surface area contributed by atoms with Crippen LogP contribution in [0.4, 0.5) is 0 Å². The Labute approximate surface area is 214 Å². The summed E-state index contributed by atoms with van der Waals surface area (Å²) in [5, 5.41) is 0. The summed E-state index contributed by atoms with van der Waals surface area (Å²) in [7, 11) is 1.65. The number of fused-ring (bicyclic) bond motifs is 1. The van der Waals surface area contributed by atoms with Gasteiger partial charge in [-0.25, -0.2) is 0 Å². The Hall–Kier alpha value is -3.08. The van der Waals surface area contributed by atoms with Crippen molar-refractivity contribution < 1.29 is 19.1 Å². The highest BCUT2D eigenvalue weighted by molar-refractivity contribution is 6.11. The average molecular weight is 488 g/mol. The molecule has 5 atom stereocenters. The van der Waals surface area contributed by atoms with E-state index in [1.54, 1.807) is 7.11 Å². The fourth-order valence-corrected chi connectivity index (χ4v) is 5.99. The number of hydrogen-bond acceptors (Lipinski definition) is 4. The van der Waals surface area contributed by atoms with Crippen molar-refractivity contribution in [3.05, 3.63) is 76.6 Å². The van der Waals surface area contributed by atoms with Crippen molar-refractivity contribution in [2.24, 2.45) is 17.8 Å². The van der Waals surface area contributed by atoms with Crippen molar-refractivity contribution in [3.8, 4) is 5.75 Å². The van der Waals surface area contributed by atoms with Gasteiger partial charge in [-0.3, -0.25) is 9.59 Å². The molecule has 5 heteroatoms. The highest BCUT2D eigenvalue weighted by Gasteiger charge is 2.53. The van der Waals surface area contributed by atoms with E-state index in [1.807, 2.05) is 29.2 Å². The lowest BCUT2D eigenvalue weighted by Crippen LogP contribution is -2.43. The number of methoxy groups -OCH3 is 1. The van der Waals surface area contributed by atoms with E-state index < -0.39 is 6.04 Å². The van der Waals surface area contributed by atoms with Crippen LogP contribution in [0.1, 0.15) is 69.2 Å². The number of amides is 1. The summed E-state index contributed by atoms with van der Waals surface area (Å²) in [5.74, 6) is 2.24. The summed E-state index contributed by atoms with van der Waals surface area (Å²) >= 11 is 0. The topological polar surface area (TPSA) is 55.8 Å². The molecule has 1 aliphatic carbocycles. The summed E-state index contributed by atoms with van der Waals surface area (Å²) < 4.78 is 11.7. The minimum absolute atomic E-state index is 0.109. The molecule has 3 aliphatic rings. The predicted molar refractivity (Wildman–Crippen MR) is 140 cm³/mol. The van der Waals surface area contributed by atoms with E-state index in [4.69, 9.17) is 9.47 Å². The van der Waals surface area contributed by atoms with Crippen molar-refractivity contribution in [1.29, 1.82) is 0 Å². The van der Waals surface area contributed by atoms with Crippen LogP contribution in [0.5, 0.6) is 5.75 Å². The second kappa shape index (κ2) is 9.76. The Morgan fingerprint density at radius 3 is 2.28 bits per heavy atom. The van der Waals surface area contributed by atoms with E-state index >= 15 is 0 Å². The van der Waals surface area contributed by atoms with Gasteiger partial charge in [0.15, 0.2) is 11.5 Å². The molecule has 1 fully saturated rings. The number of nitrogens with zero attached hydrogens (tertiary/aromatic N) is 1. The molecule has 2 aromatic carbocycles. The molecule has 5 unspecified atom stereocenters. The van der Waals surface area contributed by atoms with Gasteiger partial charge in [-0.05, 0) is 65.8 Å². The van der Waals surface area contributed by atoms with E-state index in [0.29, 0.717) is 36.3 Å². The van der Waals surface area contributed by atoms with Crippen molar-refractivity contribution in [3.63, 3.8) is 0 Å². The van der Waals surface area contributed by atoms with Crippen LogP contribution in [0, 0.1) is 17.8 Å². The van der Waals surface area contributed by atoms with Crippen molar-refractivity contribution >= 4 is 11.7 Å². The maximum absolute atomic E-state index is 14.0. The van der Waals surface area contributed by atoms with Crippen LogP contribution >= 0.6 is 0 Å². The Bertz CT molecular complexity index is 1160. The maximum atomic E-state index is 14.0. The first-order valence-electron chi connectivity index (χ1n) is 13.3. The van der Waals surface area contributed by atoms with Crippen LogP contribution in [0.3, 0.4) is 0 Å². The van der Waals surface area contributed by atoms with E-state index in [2.05, 4.69) is 52.0 Å². The van der Waals surface area contributed by atoms with Crippen LogP contribution in [-0.4, -0.2) is 36.3 Å².